The van der Waals surface area contributed by atoms with E-state index in [-0.39, 0.29) is 23.7 Å². The summed E-state index contributed by atoms with van der Waals surface area (Å²) in [6, 6.07) is 1.19. The molecule has 0 saturated carbocycles. The maximum atomic E-state index is 13.0. The number of rotatable bonds is 2. The number of pyridine rings is 1. The topological polar surface area (TPSA) is 68.5 Å². The third-order valence-electron chi connectivity index (χ3n) is 2.83. The first-order chi connectivity index (χ1) is 8.60. The number of carbonyl (C=O) groups excluding carboxylic acids is 1. The number of ether oxygens (including phenoxy) is 1. The molecular weight excluding hydrogens is 237 g/mol. The molecule has 1 aliphatic heterocycles. The fourth-order valence-corrected chi connectivity index (χ4v) is 2.05. The molecule has 1 saturated heterocycles. The van der Waals surface area contributed by atoms with Crippen molar-refractivity contribution >= 4 is 5.91 Å². The summed E-state index contributed by atoms with van der Waals surface area (Å²) >= 11 is 0. The lowest BCUT2D eigenvalue weighted by Gasteiger charge is -2.36. The van der Waals surface area contributed by atoms with Crippen molar-refractivity contribution < 1.29 is 13.9 Å². The van der Waals surface area contributed by atoms with Crippen molar-refractivity contribution in [2.75, 3.05) is 19.6 Å². The van der Waals surface area contributed by atoms with Crippen LogP contribution in [0.5, 0.6) is 0 Å². The summed E-state index contributed by atoms with van der Waals surface area (Å²) in [6.07, 6.45) is 2.20. The van der Waals surface area contributed by atoms with Crippen LogP contribution in [-0.2, 0) is 4.74 Å². The van der Waals surface area contributed by atoms with Gasteiger partial charge < -0.3 is 15.4 Å². The SMILES string of the molecule is CC1CN(C(=O)c2cncc(F)c2)CC(CN)O1. The average molecular weight is 253 g/mol. The first-order valence-corrected chi connectivity index (χ1v) is 5.85. The largest absolute Gasteiger partial charge is 0.370 e. The van der Waals surface area contributed by atoms with Crippen molar-refractivity contribution in [3.8, 4) is 0 Å². The van der Waals surface area contributed by atoms with Gasteiger partial charge in [0.25, 0.3) is 5.91 Å². The molecule has 2 N–H and O–H groups in total. The first-order valence-electron chi connectivity index (χ1n) is 5.85. The summed E-state index contributed by atoms with van der Waals surface area (Å²) in [5.74, 6) is -0.756. The number of aromatic nitrogens is 1. The van der Waals surface area contributed by atoms with Crippen LogP contribution in [-0.4, -0.2) is 47.6 Å². The standard InChI is InChI=1S/C12H16FN3O2/c1-8-6-16(7-11(3-14)18-8)12(17)9-2-10(13)5-15-4-9/h2,4-5,8,11H,3,6-7,14H2,1H3. The van der Waals surface area contributed by atoms with Crippen LogP contribution in [0.4, 0.5) is 4.39 Å². The second kappa shape index (κ2) is 5.41. The van der Waals surface area contributed by atoms with Crippen LogP contribution in [0.15, 0.2) is 18.5 Å². The molecule has 0 radical (unpaired) electrons. The minimum absolute atomic E-state index is 0.0715. The second-order valence-electron chi connectivity index (χ2n) is 4.41. The highest BCUT2D eigenvalue weighted by Crippen LogP contribution is 2.14. The molecule has 0 aromatic carbocycles. The molecule has 18 heavy (non-hydrogen) atoms. The van der Waals surface area contributed by atoms with E-state index in [0.29, 0.717) is 19.6 Å². The van der Waals surface area contributed by atoms with E-state index in [1.54, 1.807) is 4.90 Å². The maximum Gasteiger partial charge on any atom is 0.255 e. The minimum atomic E-state index is -0.516. The van der Waals surface area contributed by atoms with Gasteiger partial charge >= 0.3 is 0 Å². The van der Waals surface area contributed by atoms with Gasteiger partial charge in [0.05, 0.1) is 24.0 Å². The maximum absolute atomic E-state index is 13.0. The summed E-state index contributed by atoms with van der Waals surface area (Å²) in [6.45, 7) is 3.14. The van der Waals surface area contributed by atoms with Crippen molar-refractivity contribution in [1.29, 1.82) is 0 Å². The number of amides is 1. The van der Waals surface area contributed by atoms with E-state index in [9.17, 15) is 9.18 Å². The highest BCUT2D eigenvalue weighted by molar-refractivity contribution is 5.94. The Hall–Kier alpha value is -1.53. The van der Waals surface area contributed by atoms with Crippen LogP contribution in [0.2, 0.25) is 0 Å². The number of carbonyl (C=O) groups is 1. The van der Waals surface area contributed by atoms with Crippen molar-refractivity contribution in [3.63, 3.8) is 0 Å². The van der Waals surface area contributed by atoms with Gasteiger partial charge in [0.15, 0.2) is 0 Å². The summed E-state index contributed by atoms with van der Waals surface area (Å²) in [5, 5.41) is 0. The van der Waals surface area contributed by atoms with E-state index >= 15 is 0 Å². The second-order valence-corrected chi connectivity index (χ2v) is 4.41. The van der Waals surface area contributed by atoms with Crippen molar-refractivity contribution in [2.45, 2.75) is 19.1 Å². The van der Waals surface area contributed by atoms with Crippen molar-refractivity contribution in [1.82, 2.24) is 9.88 Å². The van der Waals surface area contributed by atoms with E-state index in [1.165, 1.54) is 12.3 Å². The van der Waals surface area contributed by atoms with Crippen LogP contribution < -0.4 is 5.73 Å². The monoisotopic (exact) mass is 253 g/mol. The van der Waals surface area contributed by atoms with Gasteiger partial charge in [0.1, 0.15) is 5.82 Å². The zero-order chi connectivity index (χ0) is 13.1. The molecular formula is C12H16FN3O2. The highest BCUT2D eigenvalue weighted by Gasteiger charge is 2.28. The Morgan fingerprint density at radius 3 is 3.06 bits per heavy atom. The van der Waals surface area contributed by atoms with Crippen LogP contribution in [0.25, 0.3) is 0 Å². The Kier molecular flexibility index (Phi) is 3.88. The normalized spacial score (nSPS) is 24.1. The van der Waals surface area contributed by atoms with E-state index in [1.807, 2.05) is 6.92 Å². The molecule has 2 atom stereocenters. The molecule has 1 amide bonds. The molecule has 1 aromatic heterocycles. The molecule has 0 aliphatic carbocycles. The number of hydrogen-bond donors (Lipinski definition) is 1. The van der Waals surface area contributed by atoms with E-state index in [2.05, 4.69) is 4.98 Å². The summed E-state index contributed by atoms with van der Waals surface area (Å²) in [4.78, 5) is 17.5. The predicted molar refractivity (Wildman–Crippen MR) is 63.5 cm³/mol. The van der Waals surface area contributed by atoms with Gasteiger partial charge in [0.2, 0.25) is 0 Å². The molecule has 6 heteroatoms. The Bertz CT molecular complexity index is 441. The van der Waals surface area contributed by atoms with Gasteiger partial charge in [-0.1, -0.05) is 0 Å². The van der Waals surface area contributed by atoms with E-state index in [0.717, 1.165) is 6.20 Å². The molecule has 0 bridgehead atoms. The van der Waals surface area contributed by atoms with Crippen LogP contribution in [0.3, 0.4) is 0 Å². The zero-order valence-corrected chi connectivity index (χ0v) is 10.2. The summed E-state index contributed by atoms with van der Waals surface area (Å²) in [7, 11) is 0. The van der Waals surface area contributed by atoms with Gasteiger partial charge in [-0.15, -0.1) is 0 Å². The molecule has 2 heterocycles. The molecule has 1 fully saturated rings. The number of nitrogens with zero attached hydrogens (tertiary/aromatic N) is 2. The molecule has 0 spiro atoms. The molecule has 5 nitrogen and oxygen atoms in total. The fraction of sp³-hybridized carbons (Fsp3) is 0.500. The van der Waals surface area contributed by atoms with E-state index < -0.39 is 5.82 Å². The number of halogens is 1. The predicted octanol–water partition coefficient (Wildman–Crippen LogP) is 0.409. The van der Waals surface area contributed by atoms with Crippen molar-refractivity contribution in [2.24, 2.45) is 5.73 Å². The van der Waals surface area contributed by atoms with Gasteiger partial charge in [-0.3, -0.25) is 9.78 Å². The summed E-state index contributed by atoms with van der Waals surface area (Å²) < 4.78 is 18.6. The Morgan fingerprint density at radius 2 is 2.39 bits per heavy atom. The number of nitrogens with two attached hydrogens (primary N) is 1. The van der Waals surface area contributed by atoms with Gasteiger partial charge in [-0.05, 0) is 13.0 Å². The molecule has 1 aliphatic rings. The quantitative estimate of drug-likeness (QED) is 0.829. The first kappa shape index (κ1) is 12.9. The molecule has 2 rings (SSSR count). The average Bonchev–Trinajstić information content (AvgIpc) is 2.37. The Balaban J connectivity index is 2.13. The van der Waals surface area contributed by atoms with E-state index in [4.69, 9.17) is 10.5 Å². The molecule has 2 unspecified atom stereocenters. The summed E-state index contributed by atoms with van der Waals surface area (Å²) in [5.41, 5.74) is 5.81. The van der Waals surface area contributed by atoms with Crippen molar-refractivity contribution in [3.05, 3.63) is 29.8 Å². The molecule has 1 aromatic rings. The van der Waals surface area contributed by atoms with Crippen LogP contribution in [0, 0.1) is 5.82 Å². The smallest absolute Gasteiger partial charge is 0.255 e. The number of hydrogen-bond acceptors (Lipinski definition) is 4. The third-order valence-corrected chi connectivity index (χ3v) is 2.83. The van der Waals surface area contributed by atoms with Gasteiger partial charge in [-0.2, -0.15) is 0 Å². The lowest BCUT2D eigenvalue weighted by atomic mass is 10.1. The Labute approximate surface area is 105 Å². The fourth-order valence-electron chi connectivity index (χ4n) is 2.05. The van der Waals surface area contributed by atoms with Gasteiger partial charge in [0, 0.05) is 25.8 Å². The van der Waals surface area contributed by atoms with Gasteiger partial charge in [-0.25, -0.2) is 4.39 Å². The minimum Gasteiger partial charge on any atom is -0.370 e. The number of morpholine rings is 1. The highest BCUT2D eigenvalue weighted by atomic mass is 19.1. The third kappa shape index (κ3) is 2.83. The van der Waals surface area contributed by atoms with Crippen LogP contribution in [0.1, 0.15) is 17.3 Å². The zero-order valence-electron chi connectivity index (χ0n) is 10.2. The lowest BCUT2D eigenvalue weighted by molar-refractivity contribution is -0.0626. The Morgan fingerprint density at radius 1 is 1.61 bits per heavy atom. The lowest BCUT2D eigenvalue weighted by Crippen LogP contribution is -2.51. The van der Waals surface area contributed by atoms with Crippen LogP contribution >= 0.6 is 0 Å². The molecule has 98 valence electrons.